The van der Waals surface area contributed by atoms with Crippen molar-refractivity contribution >= 4 is 5.97 Å². The quantitative estimate of drug-likeness (QED) is 0.539. The standard InChI is InChI=1S/C16H25NO2/c1-7-14(11-19-16(18)12(3)4)9-10-15(8-2)17-13(5)6/h7-10,12-13,17H,1-2,11H2,3-6H3/b14-9+,15-10+. The summed E-state index contributed by atoms with van der Waals surface area (Å²) in [5, 5.41) is 3.25. The lowest BCUT2D eigenvalue weighted by Gasteiger charge is -2.10. The van der Waals surface area contributed by atoms with E-state index in [1.54, 1.807) is 12.2 Å². The maximum Gasteiger partial charge on any atom is 0.308 e. The molecule has 3 nitrogen and oxygen atoms in total. The normalized spacial score (nSPS) is 12.5. The highest BCUT2D eigenvalue weighted by Crippen LogP contribution is 2.04. The lowest BCUT2D eigenvalue weighted by molar-refractivity contribution is -0.146. The summed E-state index contributed by atoms with van der Waals surface area (Å²) in [6.07, 6.45) is 7.19. The van der Waals surface area contributed by atoms with E-state index >= 15 is 0 Å². The van der Waals surface area contributed by atoms with Gasteiger partial charge in [-0.1, -0.05) is 39.2 Å². The zero-order valence-corrected chi connectivity index (χ0v) is 12.4. The predicted octanol–water partition coefficient (Wildman–Crippen LogP) is 3.37. The Bertz CT molecular complexity index is 376. The average molecular weight is 263 g/mol. The Kier molecular flexibility index (Phi) is 8.34. The minimum atomic E-state index is -0.207. The van der Waals surface area contributed by atoms with Crippen LogP contribution in [0.3, 0.4) is 0 Å². The van der Waals surface area contributed by atoms with Crippen molar-refractivity contribution in [3.63, 3.8) is 0 Å². The number of rotatable bonds is 8. The fraction of sp³-hybridized carbons (Fsp3) is 0.438. The second kappa shape index (κ2) is 9.20. The minimum absolute atomic E-state index is 0.118. The number of nitrogens with one attached hydrogen (secondary N) is 1. The van der Waals surface area contributed by atoms with E-state index in [-0.39, 0.29) is 18.5 Å². The molecule has 106 valence electrons. The van der Waals surface area contributed by atoms with E-state index in [1.807, 2.05) is 26.0 Å². The number of hydrogen-bond donors (Lipinski definition) is 1. The van der Waals surface area contributed by atoms with Crippen molar-refractivity contribution in [2.75, 3.05) is 6.61 Å². The van der Waals surface area contributed by atoms with Crippen LogP contribution in [0.1, 0.15) is 27.7 Å². The first kappa shape index (κ1) is 17.2. The number of allylic oxidation sites excluding steroid dienone is 3. The van der Waals surface area contributed by atoms with Gasteiger partial charge in [-0.3, -0.25) is 4.79 Å². The first-order valence-electron chi connectivity index (χ1n) is 6.49. The van der Waals surface area contributed by atoms with Gasteiger partial charge in [-0.2, -0.15) is 0 Å². The van der Waals surface area contributed by atoms with E-state index < -0.39 is 0 Å². The Labute approximate surface area is 116 Å². The predicted molar refractivity (Wildman–Crippen MR) is 80.6 cm³/mol. The minimum Gasteiger partial charge on any atom is -0.461 e. The third kappa shape index (κ3) is 8.03. The van der Waals surface area contributed by atoms with Gasteiger partial charge in [-0.15, -0.1) is 0 Å². The van der Waals surface area contributed by atoms with E-state index in [0.717, 1.165) is 11.3 Å². The molecule has 0 amide bonds. The lowest BCUT2D eigenvalue weighted by Crippen LogP contribution is -2.20. The van der Waals surface area contributed by atoms with Crippen molar-refractivity contribution in [2.45, 2.75) is 33.7 Å². The zero-order chi connectivity index (χ0) is 14.8. The molecule has 0 rings (SSSR count). The van der Waals surface area contributed by atoms with Gasteiger partial charge in [-0.05, 0) is 31.6 Å². The summed E-state index contributed by atoms with van der Waals surface area (Å²) in [7, 11) is 0. The molecule has 0 fully saturated rings. The summed E-state index contributed by atoms with van der Waals surface area (Å²) in [5.74, 6) is -0.325. The van der Waals surface area contributed by atoms with Crippen molar-refractivity contribution in [3.8, 4) is 0 Å². The van der Waals surface area contributed by atoms with Crippen LogP contribution in [0.15, 0.2) is 48.7 Å². The fourth-order valence-corrected chi connectivity index (χ4v) is 1.20. The van der Waals surface area contributed by atoms with Crippen molar-refractivity contribution in [3.05, 3.63) is 48.7 Å². The SMILES string of the molecule is C=C/C(=C\C=C(/C=C)NC(C)C)COC(=O)C(C)C. The maximum absolute atomic E-state index is 11.4. The third-order valence-electron chi connectivity index (χ3n) is 2.27. The largest absolute Gasteiger partial charge is 0.461 e. The molecule has 0 aliphatic rings. The molecule has 0 aliphatic heterocycles. The molecule has 3 heteroatoms. The van der Waals surface area contributed by atoms with Crippen LogP contribution in [0.2, 0.25) is 0 Å². The van der Waals surface area contributed by atoms with Crippen molar-refractivity contribution in [1.29, 1.82) is 0 Å². The van der Waals surface area contributed by atoms with Gasteiger partial charge in [-0.25, -0.2) is 0 Å². The van der Waals surface area contributed by atoms with Crippen LogP contribution in [0.25, 0.3) is 0 Å². The molecule has 0 aliphatic carbocycles. The summed E-state index contributed by atoms with van der Waals surface area (Å²) in [5.41, 5.74) is 1.77. The van der Waals surface area contributed by atoms with E-state index in [1.165, 1.54) is 0 Å². The number of hydrogen-bond acceptors (Lipinski definition) is 3. The monoisotopic (exact) mass is 263 g/mol. The van der Waals surface area contributed by atoms with Gasteiger partial charge in [0.25, 0.3) is 0 Å². The second-order valence-corrected chi connectivity index (χ2v) is 4.83. The van der Waals surface area contributed by atoms with Crippen molar-refractivity contribution < 1.29 is 9.53 Å². The smallest absolute Gasteiger partial charge is 0.308 e. The van der Waals surface area contributed by atoms with Crippen molar-refractivity contribution in [2.24, 2.45) is 5.92 Å². The highest BCUT2D eigenvalue weighted by atomic mass is 16.5. The topological polar surface area (TPSA) is 38.3 Å². The van der Waals surface area contributed by atoms with Crippen LogP contribution in [-0.4, -0.2) is 18.6 Å². The van der Waals surface area contributed by atoms with Crippen LogP contribution in [0, 0.1) is 5.92 Å². The molecule has 0 radical (unpaired) electrons. The van der Waals surface area contributed by atoms with E-state index in [4.69, 9.17) is 4.74 Å². The molecule has 0 aromatic rings. The molecular formula is C16H25NO2. The molecule has 0 spiro atoms. The molecule has 0 heterocycles. The Hall–Kier alpha value is -1.77. The van der Waals surface area contributed by atoms with Gasteiger partial charge >= 0.3 is 5.97 Å². The summed E-state index contributed by atoms with van der Waals surface area (Å²) in [4.78, 5) is 11.4. The van der Waals surface area contributed by atoms with Crippen LogP contribution in [-0.2, 0) is 9.53 Å². The summed E-state index contributed by atoms with van der Waals surface area (Å²) in [6.45, 7) is 15.4. The van der Waals surface area contributed by atoms with Crippen LogP contribution < -0.4 is 5.32 Å². The third-order valence-corrected chi connectivity index (χ3v) is 2.27. The highest BCUT2D eigenvalue weighted by molar-refractivity contribution is 5.71. The molecule has 0 saturated heterocycles. The van der Waals surface area contributed by atoms with Crippen LogP contribution in [0.5, 0.6) is 0 Å². The Morgan fingerprint density at radius 3 is 2.21 bits per heavy atom. The Balaban J connectivity index is 4.62. The maximum atomic E-state index is 11.4. The molecule has 19 heavy (non-hydrogen) atoms. The molecule has 1 N–H and O–H groups in total. The summed E-state index contributed by atoms with van der Waals surface area (Å²) >= 11 is 0. The molecule has 0 saturated carbocycles. The van der Waals surface area contributed by atoms with E-state index in [0.29, 0.717) is 6.04 Å². The lowest BCUT2D eigenvalue weighted by atomic mass is 10.2. The van der Waals surface area contributed by atoms with Crippen molar-refractivity contribution in [1.82, 2.24) is 5.32 Å². The summed E-state index contributed by atoms with van der Waals surface area (Å²) in [6, 6.07) is 0.337. The van der Waals surface area contributed by atoms with Gasteiger partial charge in [0.05, 0.1) is 5.92 Å². The molecule has 0 unspecified atom stereocenters. The Morgan fingerprint density at radius 2 is 1.79 bits per heavy atom. The van der Waals surface area contributed by atoms with Crippen LogP contribution >= 0.6 is 0 Å². The van der Waals surface area contributed by atoms with Crippen LogP contribution in [0.4, 0.5) is 0 Å². The molecule has 0 bridgehead atoms. The Morgan fingerprint density at radius 1 is 1.16 bits per heavy atom. The number of esters is 1. The number of ether oxygens (including phenoxy) is 1. The van der Waals surface area contributed by atoms with E-state index in [9.17, 15) is 4.79 Å². The highest BCUT2D eigenvalue weighted by Gasteiger charge is 2.07. The number of carbonyl (C=O) groups excluding carboxylic acids is 1. The van der Waals surface area contributed by atoms with Gasteiger partial charge in [0.2, 0.25) is 0 Å². The molecule has 0 aromatic carbocycles. The van der Waals surface area contributed by atoms with Gasteiger partial charge in [0.15, 0.2) is 0 Å². The molecular weight excluding hydrogens is 238 g/mol. The van der Waals surface area contributed by atoms with E-state index in [2.05, 4.69) is 32.3 Å². The summed E-state index contributed by atoms with van der Waals surface area (Å²) < 4.78 is 5.15. The fourth-order valence-electron chi connectivity index (χ4n) is 1.20. The van der Waals surface area contributed by atoms with Gasteiger partial charge < -0.3 is 10.1 Å². The van der Waals surface area contributed by atoms with Gasteiger partial charge in [0.1, 0.15) is 6.61 Å². The number of carbonyl (C=O) groups is 1. The zero-order valence-electron chi connectivity index (χ0n) is 12.4. The second-order valence-electron chi connectivity index (χ2n) is 4.83. The molecule has 0 aromatic heterocycles. The molecule has 0 atom stereocenters. The van der Waals surface area contributed by atoms with Gasteiger partial charge in [0, 0.05) is 11.7 Å². The first-order chi connectivity index (χ1) is 8.90. The average Bonchev–Trinajstić information content (AvgIpc) is 2.36. The first-order valence-corrected chi connectivity index (χ1v) is 6.49.